The summed E-state index contributed by atoms with van der Waals surface area (Å²) in [6.45, 7) is 4.07. The van der Waals surface area contributed by atoms with Crippen molar-refractivity contribution >= 4 is 35.1 Å². The number of nitrogens with zero attached hydrogens (tertiary/aromatic N) is 2. The smallest absolute Gasteiger partial charge is 0.198 e. The summed E-state index contributed by atoms with van der Waals surface area (Å²) in [5.74, 6) is -2.53. The van der Waals surface area contributed by atoms with Crippen LogP contribution in [0.1, 0.15) is 25.8 Å². The number of aromatic nitrogens is 1. The molecule has 2 nitrogen and oxygen atoms in total. The quantitative estimate of drug-likeness (QED) is 0.757. The van der Waals surface area contributed by atoms with Crippen molar-refractivity contribution in [2.75, 3.05) is 0 Å². The van der Waals surface area contributed by atoms with Gasteiger partial charge in [-0.05, 0) is 29.7 Å². The molecule has 0 spiro atoms. The predicted octanol–water partition coefficient (Wildman–Crippen LogP) is 4.22. The third-order valence-corrected chi connectivity index (χ3v) is 4.95. The van der Waals surface area contributed by atoms with Gasteiger partial charge in [-0.25, -0.2) is 0 Å². The van der Waals surface area contributed by atoms with Crippen molar-refractivity contribution in [3.05, 3.63) is 5.56 Å². The number of thioether (sulfide) groups is 2. The summed E-state index contributed by atoms with van der Waals surface area (Å²) in [6, 6.07) is 1.95. The third-order valence-electron chi connectivity index (χ3n) is 1.83. The Kier molecular flexibility index (Phi) is 5.52. The maximum atomic E-state index is 12.2. The van der Waals surface area contributed by atoms with E-state index in [9.17, 15) is 8.78 Å². The van der Waals surface area contributed by atoms with Crippen LogP contribution in [0.25, 0.3) is 0 Å². The molecule has 16 heavy (non-hydrogen) atoms. The van der Waals surface area contributed by atoms with E-state index in [0.717, 1.165) is 22.2 Å². The summed E-state index contributed by atoms with van der Waals surface area (Å²) in [4.78, 5) is 0. The standard InChI is InChI=1S/C9H10F2N2S3/c1-3-5(2)14-8-6(4-12)7(13-16-8)15-9(10)11/h5,9H,3H2,1-2H3. The zero-order valence-corrected chi connectivity index (χ0v) is 11.2. The first-order valence-corrected chi connectivity index (χ1v) is 7.13. The van der Waals surface area contributed by atoms with E-state index in [-0.39, 0.29) is 5.03 Å². The van der Waals surface area contributed by atoms with Crippen LogP contribution in [0.3, 0.4) is 0 Å². The van der Waals surface area contributed by atoms with Gasteiger partial charge in [0.2, 0.25) is 0 Å². The first-order chi connectivity index (χ1) is 7.58. The summed E-state index contributed by atoms with van der Waals surface area (Å²) in [5, 5.41) is 9.44. The summed E-state index contributed by atoms with van der Waals surface area (Å²) in [7, 11) is 0. The highest BCUT2D eigenvalue weighted by molar-refractivity contribution is 8.02. The lowest BCUT2D eigenvalue weighted by Gasteiger charge is -2.05. The number of hydrogen-bond acceptors (Lipinski definition) is 5. The van der Waals surface area contributed by atoms with Gasteiger partial charge in [0.25, 0.3) is 5.76 Å². The summed E-state index contributed by atoms with van der Waals surface area (Å²) in [5.41, 5.74) is 0.292. The Morgan fingerprint density at radius 2 is 2.19 bits per heavy atom. The summed E-state index contributed by atoms with van der Waals surface area (Å²) < 4.78 is 29.0. The van der Waals surface area contributed by atoms with Crippen molar-refractivity contribution < 1.29 is 8.78 Å². The lowest BCUT2D eigenvalue weighted by molar-refractivity contribution is 0.252. The molecule has 0 fully saturated rings. The topological polar surface area (TPSA) is 36.7 Å². The molecule has 1 aromatic rings. The van der Waals surface area contributed by atoms with E-state index in [1.54, 1.807) is 0 Å². The fourth-order valence-electron chi connectivity index (χ4n) is 0.866. The molecule has 0 saturated heterocycles. The molecule has 1 atom stereocenters. The molecular weight excluding hydrogens is 270 g/mol. The summed E-state index contributed by atoms with van der Waals surface area (Å²) >= 11 is 2.98. The zero-order valence-electron chi connectivity index (χ0n) is 8.74. The highest BCUT2D eigenvalue weighted by Gasteiger charge is 2.19. The highest BCUT2D eigenvalue weighted by Crippen LogP contribution is 2.38. The van der Waals surface area contributed by atoms with E-state index in [1.807, 2.05) is 19.9 Å². The van der Waals surface area contributed by atoms with Crippen molar-refractivity contribution in [3.63, 3.8) is 0 Å². The third kappa shape index (κ3) is 3.61. The van der Waals surface area contributed by atoms with Crippen LogP contribution in [0, 0.1) is 11.3 Å². The van der Waals surface area contributed by atoms with Crippen LogP contribution in [0.5, 0.6) is 0 Å². The highest BCUT2D eigenvalue weighted by atomic mass is 32.2. The van der Waals surface area contributed by atoms with Crippen LogP contribution in [0.2, 0.25) is 0 Å². The van der Waals surface area contributed by atoms with Crippen molar-refractivity contribution in [2.45, 2.75) is 40.5 Å². The second kappa shape index (κ2) is 6.42. The number of hydrogen-bond donors (Lipinski definition) is 0. The van der Waals surface area contributed by atoms with Gasteiger partial charge in [0.15, 0.2) is 0 Å². The van der Waals surface area contributed by atoms with E-state index >= 15 is 0 Å². The van der Waals surface area contributed by atoms with Crippen LogP contribution in [-0.4, -0.2) is 15.4 Å². The van der Waals surface area contributed by atoms with E-state index in [1.165, 1.54) is 11.8 Å². The molecule has 0 aliphatic heterocycles. The zero-order chi connectivity index (χ0) is 12.1. The van der Waals surface area contributed by atoms with Crippen molar-refractivity contribution in [2.24, 2.45) is 0 Å². The molecule has 1 rings (SSSR count). The largest absolute Gasteiger partial charge is 0.290 e. The lowest BCUT2D eigenvalue weighted by atomic mass is 10.4. The van der Waals surface area contributed by atoms with Crippen molar-refractivity contribution in [1.82, 2.24) is 4.37 Å². The molecule has 0 aliphatic rings. The fourth-order valence-corrected chi connectivity index (χ4v) is 3.77. The van der Waals surface area contributed by atoms with Crippen molar-refractivity contribution in [1.29, 1.82) is 5.26 Å². The normalized spacial score (nSPS) is 12.8. The molecule has 7 heteroatoms. The Morgan fingerprint density at radius 1 is 1.50 bits per heavy atom. The van der Waals surface area contributed by atoms with Crippen LogP contribution in [0.4, 0.5) is 8.78 Å². The van der Waals surface area contributed by atoms with Crippen LogP contribution >= 0.6 is 35.1 Å². The second-order valence-corrected chi connectivity index (χ2v) is 6.44. The Bertz CT molecular complexity index is 387. The van der Waals surface area contributed by atoms with Gasteiger partial charge in [0.1, 0.15) is 16.7 Å². The molecule has 1 unspecified atom stereocenters. The Morgan fingerprint density at radius 3 is 2.69 bits per heavy atom. The minimum Gasteiger partial charge on any atom is -0.198 e. The average Bonchev–Trinajstić information content (AvgIpc) is 2.59. The lowest BCUT2D eigenvalue weighted by Crippen LogP contribution is -1.91. The van der Waals surface area contributed by atoms with E-state index in [2.05, 4.69) is 4.37 Å². The van der Waals surface area contributed by atoms with Crippen LogP contribution < -0.4 is 0 Å². The van der Waals surface area contributed by atoms with Gasteiger partial charge in [-0.2, -0.15) is 18.4 Å². The number of rotatable bonds is 5. The molecule has 0 bridgehead atoms. The monoisotopic (exact) mass is 280 g/mol. The van der Waals surface area contributed by atoms with Gasteiger partial charge < -0.3 is 0 Å². The maximum Gasteiger partial charge on any atom is 0.290 e. The molecule has 88 valence electrons. The Hall–Kier alpha value is -0.320. The molecule has 0 amide bonds. The Balaban J connectivity index is 2.87. The average molecular weight is 280 g/mol. The fraction of sp³-hybridized carbons (Fsp3) is 0.556. The Labute approximate surface area is 106 Å². The minimum atomic E-state index is -2.53. The van der Waals surface area contributed by atoms with E-state index in [0.29, 0.717) is 22.6 Å². The molecule has 0 radical (unpaired) electrons. The molecule has 0 N–H and O–H groups in total. The van der Waals surface area contributed by atoms with Gasteiger partial charge >= 0.3 is 0 Å². The molecular formula is C9H10F2N2S3. The van der Waals surface area contributed by atoms with Gasteiger partial charge in [-0.3, -0.25) is 0 Å². The number of nitriles is 1. The number of alkyl halides is 2. The first-order valence-electron chi connectivity index (χ1n) is 4.59. The van der Waals surface area contributed by atoms with Gasteiger partial charge in [0, 0.05) is 5.25 Å². The van der Waals surface area contributed by atoms with Crippen LogP contribution in [-0.2, 0) is 0 Å². The maximum absolute atomic E-state index is 12.2. The van der Waals surface area contributed by atoms with Gasteiger partial charge in [0.05, 0.1) is 4.21 Å². The molecule has 0 aliphatic carbocycles. The van der Waals surface area contributed by atoms with Gasteiger partial charge in [-0.1, -0.05) is 13.8 Å². The predicted molar refractivity (Wildman–Crippen MR) is 64.3 cm³/mol. The summed E-state index contributed by atoms with van der Waals surface area (Å²) in [6.07, 6.45) is 0.963. The SMILES string of the molecule is CCC(C)Sc1snc(SC(F)F)c1C#N. The first kappa shape index (κ1) is 13.7. The molecule has 1 aromatic heterocycles. The minimum absolute atomic E-state index is 0.147. The van der Waals surface area contributed by atoms with Crippen LogP contribution in [0.15, 0.2) is 9.24 Å². The molecule has 1 heterocycles. The van der Waals surface area contributed by atoms with Gasteiger partial charge in [-0.15, -0.1) is 11.8 Å². The van der Waals surface area contributed by atoms with Crippen molar-refractivity contribution in [3.8, 4) is 6.07 Å². The molecule has 0 aromatic carbocycles. The second-order valence-electron chi connectivity index (χ2n) is 2.98. The molecule has 0 saturated carbocycles. The number of halogens is 2. The van der Waals surface area contributed by atoms with E-state index < -0.39 is 5.76 Å². The van der Waals surface area contributed by atoms with E-state index in [4.69, 9.17) is 5.26 Å².